The predicted molar refractivity (Wildman–Crippen MR) is 130 cm³/mol. The zero-order chi connectivity index (χ0) is 25.4. The van der Waals surface area contributed by atoms with Crippen LogP contribution in [0.5, 0.6) is 0 Å². The van der Waals surface area contributed by atoms with E-state index in [-0.39, 0.29) is 38.7 Å². The fourth-order valence-electron chi connectivity index (χ4n) is 3.98. The first-order valence-corrected chi connectivity index (χ1v) is 13.6. The number of nitrogens with one attached hydrogen (secondary N) is 2. The summed E-state index contributed by atoms with van der Waals surface area (Å²) >= 11 is 7.25. The Hall–Kier alpha value is -2.44. The molecule has 2 aromatic heterocycles. The van der Waals surface area contributed by atoms with E-state index in [1.807, 2.05) is 13.8 Å². The predicted octanol–water partition coefficient (Wildman–Crippen LogP) is 6.28. The fraction of sp³-hybridized carbons (Fsp3) is 0.409. The highest BCUT2D eigenvalue weighted by atomic mass is 35.5. The number of aromatic nitrogens is 3. The Bertz CT molecular complexity index is 1300. The standard InChI is InChI=1S/C22H23ClF3N5O2S2/c1-12(2)20-29-30-21(34-20)31-35(32,33)15-8-6-13(7-9-15)16-4-3-5-18(16)28-19-17(23)10-14(11-27-19)22(24,25)26/h6-12,16,18H,3-5H2,1-2H3,(H,27,28)(H,30,31). The zero-order valence-corrected chi connectivity index (χ0v) is 21.2. The summed E-state index contributed by atoms with van der Waals surface area (Å²) in [5.74, 6) is 0.361. The average molecular weight is 546 g/mol. The minimum absolute atomic E-state index is 0.0247. The highest BCUT2D eigenvalue weighted by Gasteiger charge is 2.33. The summed E-state index contributed by atoms with van der Waals surface area (Å²) in [6, 6.07) is 7.31. The maximum Gasteiger partial charge on any atom is 0.417 e. The van der Waals surface area contributed by atoms with Crippen LogP contribution in [-0.2, 0) is 16.2 Å². The molecule has 4 rings (SSSR count). The van der Waals surface area contributed by atoms with Gasteiger partial charge in [0.05, 0.1) is 15.5 Å². The third-order valence-corrected chi connectivity index (χ3v) is 8.69. The van der Waals surface area contributed by atoms with Crippen LogP contribution >= 0.6 is 22.9 Å². The van der Waals surface area contributed by atoms with E-state index >= 15 is 0 Å². The molecule has 0 bridgehead atoms. The number of nitrogens with zero attached hydrogens (tertiary/aromatic N) is 3. The zero-order valence-electron chi connectivity index (χ0n) is 18.8. The second kappa shape index (κ2) is 9.90. The van der Waals surface area contributed by atoms with Crippen LogP contribution in [0.25, 0.3) is 0 Å². The van der Waals surface area contributed by atoms with Crippen LogP contribution < -0.4 is 10.0 Å². The van der Waals surface area contributed by atoms with Gasteiger partial charge in [-0.1, -0.05) is 55.3 Å². The van der Waals surface area contributed by atoms with E-state index in [1.54, 1.807) is 12.1 Å². The lowest BCUT2D eigenvalue weighted by Crippen LogP contribution is -2.23. The van der Waals surface area contributed by atoms with E-state index in [1.165, 1.54) is 23.5 Å². The van der Waals surface area contributed by atoms with Crippen LogP contribution in [0.3, 0.4) is 0 Å². The van der Waals surface area contributed by atoms with Crippen molar-refractivity contribution in [1.29, 1.82) is 0 Å². The van der Waals surface area contributed by atoms with Crippen molar-refractivity contribution in [2.24, 2.45) is 0 Å². The maximum atomic E-state index is 12.9. The van der Waals surface area contributed by atoms with E-state index in [0.29, 0.717) is 0 Å². The van der Waals surface area contributed by atoms with Crippen molar-refractivity contribution >= 4 is 43.9 Å². The molecule has 7 nitrogen and oxygen atoms in total. The summed E-state index contributed by atoms with van der Waals surface area (Å²) in [4.78, 5) is 3.97. The van der Waals surface area contributed by atoms with Gasteiger partial charge in [-0.25, -0.2) is 13.4 Å². The summed E-state index contributed by atoms with van der Waals surface area (Å²) in [5.41, 5.74) is 0.00961. The van der Waals surface area contributed by atoms with Crippen molar-refractivity contribution in [3.05, 3.63) is 57.7 Å². The molecule has 0 saturated heterocycles. The number of halogens is 4. The first kappa shape index (κ1) is 25.6. The number of rotatable bonds is 7. The molecule has 0 radical (unpaired) electrons. The van der Waals surface area contributed by atoms with Gasteiger partial charge in [-0.05, 0) is 36.6 Å². The quantitative estimate of drug-likeness (QED) is 0.363. The second-order valence-electron chi connectivity index (χ2n) is 8.62. The van der Waals surface area contributed by atoms with E-state index in [0.717, 1.165) is 42.1 Å². The van der Waals surface area contributed by atoms with Crippen molar-refractivity contribution < 1.29 is 21.6 Å². The molecule has 2 heterocycles. The minimum atomic E-state index is -4.52. The highest BCUT2D eigenvalue weighted by Crippen LogP contribution is 2.39. The molecule has 1 fully saturated rings. The summed E-state index contributed by atoms with van der Waals surface area (Å²) in [5, 5.41) is 11.9. The van der Waals surface area contributed by atoms with Gasteiger partial charge in [0.2, 0.25) is 5.13 Å². The lowest BCUT2D eigenvalue weighted by Gasteiger charge is -2.23. The van der Waals surface area contributed by atoms with E-state index in [2.05, 4.69) is 25.2 Å². The van der Waals surface area contributed by atoms with Crippen molar-refractivity contribution in [3.8, 4) is 0 Å². The summed E-state index contributed by atoms with van der Waals surface area (Å²) in [6.45, 7) is 3.90. The molecule has 35 heavy (non-hydrogen) atoms. The van der Waals surface area contributed by atoms with Crippen molar-refractivity contribution in [3.63, 3.8) is 0 Å². The Kier molecular flexibility index (Phi) is 7.26. The molecule has 3 aromatic rings. The molecule has 0 spiro atoms. The van der Waals surface area contributed by atoms with Gasteiger partial charge in [-0.3, -0.25) is 4.72 Å². The van der Waals surface area contributed by atoms with E-state index < -0.39 is 21.8 Å². The Morgan fingerprint density at radius 3 is 2.46 bits per heavy atom. The highest BCUT2D eigenvalue weighted by molar-refractivity contribution is 7.93. The third-order valence-electron chi connectivity index (χ3n) is 5.78. The van der Waals surface area contributed by atoms with Crippen LogP contribution in [0, 0.1) is 0 Å². The van der Waals surface area contributed by atoms with Crippen molar-refractivity contribution in [2.75, 3.05) is 10.0 Å². The number of hydrogen-bond donors (Lipinski definition) is 2. The van der Waals surface area contributed by atoms with Crippen LogP contribution in [0.1, 0.15) is 61.1 Å². The Labute approximate surface area is 210 Å². The molecule has 1 saturated carbocycles. The summed E-state index contributed by atoms with van der Waals surface area (Å²) in [7, 11) is -3.83. The minimum Gasteiger partial charge on any atom is -0.365 e. The molecule has 1 aliphatic rings. The topological polar surface area (TPSA) is 96.9 Å². The molecule has 188 valence electrons. The van der Waals surface area contributed by atoms with Gasteiger partial charge in [0, 0.05) is 24.1 Å². The lowest BCUT2D eigenvalue weighted by atomic mass is 9.94. The number of pyridine rings is 1. The number of benzene rings is 1. The van der Waals surface area contributed by atoms with Crippen molar-refractivity contribution in [1.82, 2.24) is 15.2 Å². The molecule has 0 amide bonds. The average Bonchev–Trinajstić information content (AvgIpc) is 3.44. The van der Waals surface area contributed by atoms with Crippen molar-refractivity contribution in [2.45, 2.75) is 62.1 Å². The monoisotopic (exact) mass is 545 g/mol. The number of sulfonamides is 1. The SMILES string of the molecule is CC(C)c1nnc(NS(=O)(=O)c2ccc(C3CCCC3Nc3ncc(C(F)(F)F)cc3Cl)cc2)s1. The number of alkyl halides is 3. The van der Waals surface area contributed by atoms with Crippen LogP contribution in [-0.4, -0.2) is 29.6 Å². The number of hydrogen-bond acceptors (Lipinski definition) is 7. The molecule has 13 heteroatoms. The van der Waals surface area contributed by atoms with Crippen LogP contribution in [0.4, 0.5) is 24.1 Å². The second-order valence-corrected chi connectivity index (χ2v) is 11.7. The van der Waals surface area contributed by atoms with Gasteiger partial charge in [0.25, 0.3) is 10.0 Å². The van der Waals surface area contributed by atoms with Gasteiger partial charge < -0.3 is 5.32 Å². The molecule has 0 aliphatic heterocycles. The molecular formula is C22H23ClF3N5O2S2. The Morgan fingerprint density at radius 1 is 1.14 bits per heavy atom. The first-order valence-electron chi connectivity index (χ1n) is 10.9. The molecular weight excluding hydrogens is 523 g/mol. The molecule has 2 unspecified atom stereocenters. The normalized spacial score (nSPS) is 18.7. The molecule has 2 atom stereocenters. The Morgan fingerprint density at radius 2 is 1.86 bits per heavy atom. The fourth-order valence-corrected chi connectivity index (χ4v) is 6.18. The molecule has 2 N–H and O–H groups in total. The Balaban J connectivity index is 1.47. The third kappa shape index (κ3) is 5.87. The van der Waals surface area contributed by atoms with E-state index in [9.17, 15) is 21.6 Å². The largest absolute Gasteiger partial charge is 0.417 e. The van der Waals surface area contributed by atoms with Crippen LogP contribution in [0.15, 0.2) is 41.4 Å². The van der Waals surface area contributed by atoms with Crippen LogP contribution in [0.2, 0.25) is 5.02 Å². The van der Waals surface area contributed by atoms with Gasteiger partial charge in [-0.2, -0.15) is 13.2 Å². The van der Waals surface area contributed by atoms with E-state index in [4.69, 9.17) is 11.6 Å². The van der Waals surface area contributed by atoms with Gasteiger partial charge in [-0.15, -0.1) is 10.2 Å². The first-order chi connectivity index (χ1) is 16.4. The summed E-state index contributed by atoms with van der Waals surface area (Å²) < 4.78 is 66.7. The molecule has 1 aromatic carbocycles. The lowest BCUT2D eigenvalue weighted by molar-refractivity contribution is -0.137. The van der Waals surface area contributed by atoms with Gasteiger partial charge in [0.15, 0.2) is 0 Å². The molecule has 1 aliphatic carbocycles. The van der Waals surface area contributed by atoms with Gasteiger partial charge >= 0.3 is 6.18 Å². The smallest absolute Gasteiger partial charge is 0.365 e. The van der Waals surface area contributed by atoms with Gasteiger partial charge in [0.1, 0.15) is 10.8 Å². The number of anilines is 2. The summed E-state index contributed by atoms with van der Waals surface area (Å²) in [6.07, 6.45) is -1.25. The maximum absolute atomic E-state index is 12.9.